The molecule has 0 aromatic heterocycles. The second kappa shape index (κ2) is 41.1. The molecule has 1 amide bonds. The maximum absolute atomic E-state index is 12.4. The van der Waals surface area contributed by atoms with Gasteiger partial charge in [-0.25, -0.2) is 0 Å². The highest BCUT2D eigenvalue weighted by Crippen LogP contribution is 2.15. The van der Waals surface area contributed by atoms with Crippen LogP contribution in [-0.4, -0.2) is 46.1 Å². The lowest BCUT2D eigenvalue weighted by Gasteiger charge is -2.21. The van der Waals surface area contributed by atoms with Gasteiger partial charge in [0.15, 0.2) is 0 Å². The van der Waals surface area contributed by atoms with Gasteiger partial charge in [-0.05, 0) is 64.2 Å². The van der Waals surface area contributed by atoms with Gasteiger partial charge in [-0.2, -0.15) is 0 Å². The minimum absolute atomic E-state index is 0.383. The van der Waals surface area contributed by atoms with Crippen molar-refractivity contribution in [1.29, 1.82) is 0 Å². The molecular weight excluding hydrogens is 631 g/mol. The number of allylic oxidation sites excluding steroid dienone is 7. The van der Waals surface area contributed by atoms with Crippen LogP contribution in [0.3, 0.4) is 0 Å². The standard InChI is InChI=1S/C46H85NO4/c1-3-5-7-9-11-13-15-16-17-18-19-20-21-22-23-24-25-26-27-28-29-30-31-33-35-37-39-41-45(50)46(51)47-43(42-48)44(49)40-38-36-34-32-14-12-10-8-6-4-2/h6,8,14,22-23,32,38,40,43-45,48-50H,3-5,7,9-13,15-21,24-31,33-37,39,41-42H2,1-2H3,(H,47,51)/b8-6+,23-22-,32-14+,40-38+. The fourth-order valence-electron chi connectivity index (χ4n) is 6.45. The van der Waals surface area contributed by atoms with E-state index in [1.165, 1.54) is 141 Å². The highest BCUT2D eigenvalue weighted by Gasteiger charge is 2.22. The monoisotopic (exact) mass is 716 g/mol. The van der Waals surface area contributed by atoms with Crippen molar-refractivity contribution in [2.45, 2.75) is 231 Å². The Kier molecular flexibility index (Phi) is 39.7. The minimum atomic E-state index is -1.11. The summed E-state index contributed by atoms with van der Waals surface area (Å²) in [4.78, 5) is 12.4. The number of amides is 1. The number of carbonyl (C=O) groups excluding carboxylic acids is 1. The summed E-state index contributed by atoms with van der Waals surface area (Å²) in [5, 5.41) is 32.9. The van der Waals surface area contributed by atoms with Gasteiger partial charge in [0.05, 0.1) is 18.8 Å². The average molecular weight is 716 g/mol. The van der Waals surface area contributed by atoms with Crippen molar-refractivity contribution >= 4 is 5.91 Å². The van der Waals surface area contributed by atoms with Crippen LogP contribution in [0, 0.1) is 0 Å². The zero-order chi connectivity index (χ0) is 37.3. The van der Waals surface area contributed by atoms with Crippen molar-refractivity contribution in [3.05, 3.63) is 48.6 Å². The van der Waals surface area contributed by atoms with E-state index in [-0.39, 0.29) is 6.61 Å². The summed E-state index contributed by atoms with van der Waals surface area (Å²) in [5.74, 6) is -0.521. The Morgan fingerprint density at radius 3 is 1.29 bits per heavy atom. The van der Waals surface area contributed by atoms with Gasteiger partial charge >= 0.3 is 0 Å². The lowest BCUT2D eigenvalue weighted by atomic mass is 10.0. The Hall–Kier alpha value is -1.69. The van der Waals surface area contributed by atoms with Crippen LogP contribution in [-0.2, 0) is 4.79 Å². The van der Waals surface area contributed by atoms with Crippen molar-refractivity contribution in [2.75, 3.05) is 6.61 Å². The van der Waals surface area contributed by atoms with Crippen LogP contribution in [0.4, 0.5) is 0 Å². The fourth-order valence-corrected chi connectivity index (χ4v) is 6.45. The maximum atomic E-state index is 12.4. The Labute approximate surface area is 316 Å². The molecule has 0 rings (SSSR count). The predicted molar refractivity (Wildman–Crippen MR) is 222 cm³/mol. The number of carbonyl (C=O) groups is 1. The van der Waals surface area contributed by atoms with E-state index < -0.39 is 24.2 Å². The van der Waals surface area contributed by atoms with E-state index in [4.69, 9.17) is 0 Å². The van der Waals surface area contributed by atoms with E-state index in [0.717, 1.165) is 51.4 Å². The second-order valence-electron chi connectivity index (χ2n) is 14.9. The summed E-state index contributed by atoms with van der Waals surface area (Å²) in [7, 11) is 0. The van der Waals surface area contributed by atoms with Crippen LogP contribution in [0.5, 0.6) is 0 Å². The van der Waals surface area contributed by atoms with E-state index >= 15 is 0 Å². The molecule has 4 N–H and O–H groups in total. The molecule has 0 heterocycles. The average Bonchev–Trinajstić information content (AvgIpc) is 3.13. The van der Waals surface area contributed by atoms with E-state index in [2.05, 4.69) is 55.6 Å². The zero-order valence-corrected chi connectivity index (χ0v) is 33.7. The second-order valence-corrected chi connectivity index (χ2v) is 14.9. The molecule has 0 bridgehead atoms. The first kappa shape index (κ1) is 49.3. The van der Waals surface area contributed by atoms with Crippen molar-refractivity contribution in [3.8, 4) is 0 Å². The molecule has 0 aliphatic rings. The van der Waals surface area contributed by atoms with Crippen LogP contribution in [0.2, 0.25) is 0 Å². The van der Waals surface area contributed by atoms with Crippen LogP contribution in [0.15, 0.2) is 48.6 Å². The molecule has 0 spiro atoms. The van der Waals surface area contributed by atoms with E-state index in [0.29, 0.717) is 6.42 Å². The first-order valence-electron chi connectivity index (χ1n) is 22.0. The Morgan fingerprint density at radius 1 is 0.490 bits per heavy atom. The molecular formula is C46H85NO4. The van der Waals surface area contributed by atoms with Crippen LogP contribution < -0.4 is 5.32 Å². The predicted octanol–water partition coefficient (Wildman–Crippen LogP) is 12.5. The van der Waals surface area contributed by atoms with Crippen LogP contribution in [0.1, 0.15) is 213 Å². The van der Waals surface area contributed by atoms with Crippen LogP contribution in [0.25, 0.3) is 0 Å². The van der Waals surface area contributed by atoms with Gasteiger partial charge in [-0.1, -0.05) is 197 Å². The lowest BCUT2D eigenvalue weighted by molar-refractivity contribution is -0.131. The lowest BCUT2D eigenvalue weighted by Crippen LogP contribution is -2.48. The Bertz CT molecular complexity index is 835. The number of hydrogen-bond donors (Lipinski definition) is 4. The Balaban J connectivity index is 3.59. The summed E-state index contributed by atoms with van der Waals surface area (Å²) in [6.07, 6.45) is 53.1. The first-order chi connectivity index (χ1) is 25.1. The third-order valence-corrected chi connectivity index (χ3v) is 9.88. The smallest absolute Gasteiger partial charge is 0.249 e. The third-order valence-electron chi connectivity index (χ3n) is 9.88. The summed E-state index contributed by atoms with van der Waals surface area (Å²) in [6.45, 7) is 4.04. The van der Waals surface area contributed by atoms with Gasteiger partial charge in [0.25, 0.3) is 0 Å². The van der Waals surface area contributed by atoms with Crippen molar-refractivity contribution < 1.29 is 20.1 Å². The molecule has 0 fully saturated rings. The number of aliphatic hydroxyl groups excluding tert-OH is 3. The molecule has 0 aliphatic carbocycles. The quantitative estimate of drug-likeness (QED) is 0.0377. The molecule has 3 atom stereocenters. The summed E-state index contributed by atoms with van der Waals surface area (Å²) >= 11 is 0. The van der Waals surface area contributed by atoms with Crippen molar-refractivity contribution in [2.24, 2.45) is 0 Å². The molecule has 0 aromatic carbocycles. The largest absolute Gasteiger partial charge is 0.394 e. The topological polar surface area (TPSA) is 89.8 Å². The van der Waals surface area contributed by atoms with Crippen LogP contribution >= 0.6 is 0 Å². The number of aliphatic hydroxyl groups is 3. The summed E-state index contributed by atoms with van der Waals surface area (Å²) < 4.78 is 0. The molecule has 0 saturated heterocycles. The number of hydrogen-bond acceptors (Lipinski definition) is 4. The molecule has 298 valence electrons. The van der Waals surface area contributed by atoms with Gasteiger partial charge in [0, 0.05) is 0 Å². The summed E-state index contributed by atoms with van der Waals surface area (Å²) in [6, 6.07) is -0.820. The molecule has 0 saturated carbocycles. The van der Waals surface area contributed by atoms with Gasteiger partial charge < -0.3 is 20.6 Å². The third kappa shape index (κ3) is 36.5. The minimum Gasteiger partial charge on any atom is -0.394 e. The first-order valence-corrected chi connectivity index (χ1v) is 22.0. The molecule has 5 heteroatoms. The van der Waals surface area contributed by atoms with Crippen molar-refractivity contribution in [1.82, 2.24) is 5.32 Å². The molecule has 3 unspecified atom stereocenters. The highest BCUT2D eigenvalue weighted by molar-refractivity contribution is 5.80. The fraction of sp³-hybridized carbons (Fsp3) is 0.804. The normalized spacial score (nSPS) is 14.1. The molecule has 0 radical (unpaired) electrons. The van der Waals surface area contributed by atoms with Gasteiger partial charge in [-0.15, -0.1) is 0 Å². The molecule has 0 aromatic rings. The summed E-state index contributed by atoms with van der Waals surface area (Å²) in [5.41, 5.74) is 0. The van der Waals surface area contributed by atoms with Gasteiger partial charge in [-0.3, -0.25) is 4.79 Å². The van der Waals surface area contributed by atoms with E-state index in [1.54, 1.807) is 6.08 Å². The van der Waals surface area contributed by atoms with E-state index in [1.807, 2.05) is 6.08 Å². The zero-order valence-electron chi connectivity index (χ0n) is 33.7. The molecule has 51 heavy (non-hydrogen) atoms. The van der Waals surface area contributed by atoms with Crippen molar-refractivity contribution in [3.63, 3.8) is 0 Å². The SMILES string of the molecule is CC/C=C/CC/C=C/CC/C=C/C(O)C(CO)NC(=O)C(O)CCCCCCCCCCCCC/C=C\CCCCCCCCCCCCCC. The van der Waals surface area contributed by atoms with E-state index in [9.17, 15) is 20.1 Å². The number of rotatable bonds is 39. The van der Waals surface area contributed by atoms with Gasteiger partial charge in [0.2, 0.25) is 5.91 Å². The molecule has 0 aliphatic heterocycles. The molecule has 5 nitrogen and oxygen atoms in total. The Morgan fingerprint density at radius 2 is 0.863 bits per heavy atom. The number of unbranched alkanes of at least 4 members (excludes halogenated alkanes) is 25. The highest BCUT2D eigenvalue weighted by atomic mass is 16.3. The number of nitrogens with one attached hydrogen (secondary N) is 1. The van der Waals surface area contributed by atoms with Gasteiger partial charge in [0.1, 0.15) is 6.10 Å². The maximum Gasteiger partial charge on any atom is 0.249 e.